The van der Waals surface area contributed by atoms with Gasteiger partial charge in [-0.05, 0) is 64.6 Å². The molecule has 0 radical (unpaired) electrons. The summed E-state index contributed by atoms with van der Waals surface area (Å²) in [5.74, 6) is -1.86. The van der Waals surface area contributed by atoms with Gasteiger partial charge in [0, 0.05) is 10.0 Å². The number of carboxylic acid groups (broad SMARTS) is 2. The van der Waals surface area contributed by atoms with Crippen molar-refractivity contribution in [3.05, 3.63) is 56.1 Å². The number of hydrogen-bond donors (Lipinski definition) is 2. The van der Waals surface area contributed by atoms with Gasteiger partial charge < -0.3 is 10.2 Å². The van der Waals surface area contributed by atoms with Crippen LogP contribution in [0.3, 0.4) is 0 Å². The maximum Gasteiger partial charge on any atom is 0.336 e. The lowest BCUT2D eigenvalue weighted by atomic mass is 9.75. The summed E-state index contributed by atoms with van der Waals surface area (Å²) in [5, 5.41) is 19.4. The summed E-state index contributed by atoms with van der Waals surface area (Å²) in [6.07, 6.45) is 1.91. The van der Waals surface area contributed by atoms with Crippen LogP contribution < -0.4 is 0 Å². The molecule has 0 aromatic heterocycles. The molecule has 0 amide bonds. The first-order valence-electron chi connectivity index (χ1n) is 9.96. The molecule has 0 saturated carbocycles. The van der Waals surface area contributed by atoms with Crippen molar-refractivity contribution in [1.82, 2.24) is 0 Å². The fourth-order valence-corrected chi connectivity index (χ4v) is 4.92. The first-order valence-corrected chi connectivity index (χ1v) is 10.8. The molecule has 0 aliphatic heterocycles. The van der Waals surface area contributed by atoms with E-state index in [0.29, 0.717) is 30.4 Å². The van der Waals surface area contributed by atoms with Crippen LogP contribution >= 0.6 is 15.9 Å². The topological polar surface area (TPSA) is 74.6 Å². The number of carbonyl (C=O) groups is 2. The van der Waals surface area contributed by atoms with Gasteiger partial charge in [-0.3, -0.25) is 0 Å². The van der Waals surface area contributed by atoms with Gasteiger partial charge in [0.2, 0.25) is 0 Å². The molecular formula is C24H29BrO4. The Morgan fingerprint density at radius 3 is 1.79 bits per heavy atom. The SMILES string of the molecule is CCc1c(C(=O)O)ccc(-c2c(Br)cc(C(=O)O)c(CC)c2C(C)(C)C)c1CC. The highest BCUT2D eigenvalue weighted by Crippen LogP contribution is 2.44. The molecular weight excluding hydrogens is 432 g/mol. The van der Waals surface area contributed by atoms with Gasteiger partial charge in [-0.1, -0.05) is 63.5 Å². The van der Waals surface area contributed by atoms with Crippen LogP contribution in [-0.4, -0.2) is 22.2 Å². The van der Waals surface area contributed by atoms with Gasteiger partial charge >= 0.3 is 11.9 Å². The Hall–Kier alpha value is -2.14. The maximum absolute atomic E-state index is 11.9. The first kappa shape index (κ1) is 23.1. The normalized spacial score (nSPS) is 11.6. The van der Waals surface area contributed by atoms with Crippen molar-refractivity contribution in [1.29, 1.82) is 0 Å². The number of benzene rings is 2. The molecule has 0 bridgehead atoms. The van der Waals surface area contributed by atoms with Crippen molar-refractivity contribution < 1.29 is 19.8 Å². The molecule has 5 heteroatoms. The lowest BCUT2D eigenvalue weighted by Gasteiger charge is -2.30. The zero-order valence-corrected chi connectivity index (χ0v) is 19.5. The molecule has 2 rings (SSSR count). The van der Waals surface area contributed by atoms with Crippen LogP contribution in [-0.2, 0) is 24.7 Å². The molecule has 0 aliphatic rings. The van der Waals surface area contributed by atoms with Crippen molar-refractivity contribution in [3.63, 3.8) is 0 Å². The summed E-state index contributed by atoms with van der Waals surface area (Å²) in [5.41, 5.74) is 5.94. The zero-order valence-electron chi connectivity index (χ0n) is 17.9. The second kappa shape index (κ2) is 8.70. The highest BCUT2D eigenvalue weighted by molar-refractivity contribution is 9.10. The smallest absolute Gasteiger partial charge is 0.336 e. The quantitative estimate of drug-likeness (QED) is 0.515. The van der Waals surface area contributed by atoms with Crippen molar-refractivity contribution in [2.75, 3.05) is 0 Å². The van der Waals surface area contributed by atoms with Gasteiger partial charge in [-0.25, -0.2) is 9.59 Å². The van der Waals surface area contributed by atoms with Gasteiger partial charge in [-0.15, -0.1) is 0 Å². The molecule has 29 heavy (non-hydrogen) atoms. The molecule has 0 spiro atoms. The lowest BCUT2D eigenvalue weighted by molar-refractivity contribution is 0.0684. The molecule has 156 valence electrons. The van der Waals surface area contributed by atoms with E-state index in [4.69, 9.17) is 0 Å². The summed E-state index contributed by atoms with van der Waals surface area (Å²) < 4.78 is 0.719. The van der Waals surface area contributed by atoms with Gasteiger partial charge in [0.25, 0.3) is 0 Å². The average molecular weight is 461 g/mol. The van der Waals surface area contributed by atoms with E-state index in [-0.39, 0.29) is 5.41 Å². The molecule has 0 aliphatic carbocycles. The summed E-state index contributed by atoms with van der Waals surface area (Å²) in [6, 6.07) is 5.23. The van der Waals surface area contributed by atoms with E-state index in [1.54, 1.807) is 12.1 Å². The van der Waals surface area contributed by atoms with Crippen LogP contribution in [0.2, 0.25) is 0 Å². The lowest BCUT2D eigenvalue weighted by Crippen LogP contribution is -2.20. The van der Waals surface area contributed by atoms with E-state index in [0.717, 1.165) is 37.9 Å². The van der Waals surface area contributed by atoms with Crippen LogP contribution in [0.15, 0.2) is 22.7 Å². The van der Waals surface area contributed by atoms with Crippen molar-refractivity contribution in [3.8, 4) is 11.1 Å². The third-order valence-corrected chi connectivity index (χ3v) is 5.98. The van der Waals surface area contributed by atoms with Crippen LogP contribution in [0, 0.1) is 0 Å². The monoisotopic (exact) mass is 460 g/mol. The van der Waals surface area contributed by atoms with E-state index in [9.17, 15) is 19.8 Å². The molecule has 4 nitrogen and oxygen atoms in total. The molecule has 0 fully saturated rings. The van der Waals surface area contributed by atoms with Crippen molar-refractivity contribution in [2.45, 2.75) is 66.2 Å². The fraction of sp³-hybridized carbons (Fsp3) is 0.417. The number of rotatable bonds is 6. The Morgan fingerprint density at radius 2 is 1.38 bits per heavy atom. The fourth-order valence-electron chi connectivity index (χ4n) is 4.28. The number of aromatic carboxylic acids is 2. The first-order chi connectivity index (χ1) is 13.5. The Bertz CT molecular complexity index is 968. The van der Waals surface area contributed by atoms with E-state index < -0.39 is 11.9 Å². The minimum Gasteiger partial charge on any atom is -0.478 e. The third kappa shape index (κ3) is 4.25. The summed E-state index contributed by atoms with van der Waals surface area (Å²) in [6.45, 7) is 12.2. The van der Waals surface area contributed by atoms with Crippen LogP contribution in [0.5, 0.6) is 0 Å². The number of hydrogen-bond acceptors (Lipinski definition) is 2. The van der Waals surface area contributed by atoms with E-state index in [1.165, 1.54) is 0 Å². The zero-order chi connectivity index (χ0) is 22.1. The van der Waals surface area contributed by atoms with Gasteiger partial charge in [0.15, 0.2) is 0 Å². The second-order valence-corrected chi connectivity index (χ2v) is 9.03. The highest BCUT2D eigenvalue weighted by Gasteiger charge is 2.29. The van der Waals surface area contributed by atoms with Gasteiger partial charge in [0.05, 0.1) is 11.1 Å². The minimum atomic E-state index is -0.939. The molecule has 0 atom stereocenters. The molecule has 0 heterocycles. The Morgan fingerprint density at radius 1 is 0.862 bits per heavy atom. The largest absolute Gasteiger partial charge is 0.478 e. The summed E-state index contributed by atoms with van der Waals surface area (Å²) >= 11 is 3.64. The molecule has 2 aromatic carbocycles. The van der Waals surface area contributed by atoms with E-state index in [2.05, 4.69) is 36.7 Å². The van der Waals surface area contributed by atoms with Crippen molar-refractivity contribution >= 4 is 27.9 Å². The average Bonchev–Trinajstić information content (AvgIpc) is 2.64. The third-order valence-electron chi connectivity index (χ3n) is 5.36. The molecule has 2 aromatic rings. The van der Waals surface area contributed by atoms with Crippen molar-refractivity contribution in [2.24, 2.45) is 0 Å². The molecule has 2 N–H and O–H groups in total. The standard InChI is InChI=1S/C24H29BrO4/c1-7-13-14(8-2)17(22(26)27)11-10-16(13)20-19(25)12-18(23(28)29)15(9-3)21(20)24(4,5)6/h10-12H,7-9H2,1-6H3,(H,26,27)(H,28,29). The van der Waals surface area contributed by atoms with Crippen LogP contribution in [0.4, 0.5) is 0 Å². The number of halogens is 1. The Kier molecular flexibility index (Phi) is 6.94. The second-order valence-electron chi connectivity index (χ2n) is 8.17. The van der Waals surface area contributed by atoms with Crippen LogP contribution in [0.1, 0.15) is 84.5 Å². The van der Waals surface area contributed by atoms with Crippen LogP contribution in [0.25, 0.3) is 11.1 Å². The molecule has 0 unspecified atom stereocenters. The van der Waals surface area contributed by atoms with E-state index in [1.807, 2.05) is 26.8 Å². The number of carboxylic acids is 2. The Labute approximate surface area is 181 Å². The maximum atomic E-state index is 11.9. The Balaban J connectivity index is 3.07. The minimum absolute atomic E-state index is 0.294. The van der Waals surface area contributed by atoms with Gasteiger partial charge in [-0.2, -0.15) is 0 Å². The van der Waals surface area contributed by atoms with E-state index >= 15 is 0 Å². The predicted octanol–water partition coefficient (Wildman–Crippen LogP) is 6.50. The molecule has 0 saturated heterocycles. The summed E-state index contributed by atoms with van der Waals surface area (Å²) in [4.78, 5) is 23.7. The summed E-state index contributed by atoms with van der Waals surface area (Å²) in [7, 11) is 0. The highest BCUT2D eigenvalue weighted by atomic mass is 79.9. The van der Waals surface area contributed by atoms with Gasteiger partial charge in [0.1, 0.15) is 0 Å². The predicted molar refractivity (Wildman–Crippen MR) is 120 cm³/mol.